The van der Waals surface area contributed by atoms with Gasteiger partial charge in [-0.2, -0.15) is 0 Å². The molecule has 1 aliphatic heterocycles. The highest BCUT2D eigenvalue weighted by Crippen LogP contribution is 2.19. The molecule has 0 bridgehead atoms. The number of aromatic nitrogens is 1. The van der Waals surface area contributed by atoms with Gasteiger partial charge in [-0.3, -0.25) is 9.69 Å². The first-order valence-electron chi connectivity index (χ1n) is 11.0. The Morgan fingerprint density at radius 2 is 1.94 bits per heavy atom. The maximum absolute atomic E-state index is 12.5. The van der Waals surface area contributed by atoms with E-state index in [4.69, 9.17) is 14.0 Å². The quantitative estimate of drug-likeness (QED) is 0.552. The third-order valence-corrected chi connectivity index (χ3v) is 5.68. The molecule has 1 N–H and O–H groups in total. The summed E-state index contributed by atoms with van der Waals surface area (Å²) < 4.78 is 16.6. The first-order valence-corrected chi connectivity index (χ1v) is 11.0. The van der Waals surface area contributed by atoms with Crippen molar-refractivity contribution in [2.24, 2.45) is 0 Å². The molecule has 4 rings (SSSR count). The number of rotatable bonds is 9. The van der Waals surface area contributed by atoms with Gasteiger partial charge in [-0.25, -0.2) is 0 Å². The number of carbonyl (C=O) groups is 1. The van der Waals surface area contributed by atoms with Crippen molar-refractivity contribution in [3.63, 3.8) is 0 Å². The van der Waals surface area contributed by atoms with E-state index in [0.29, 0.717) is 24.9 Å². The van der Waals surface area contributed by atoms with Crippen LogP contribution in [0.5, 0.6) is 5.75 Å². The van der Waals surface area contributed by atoms with Crippen LogP contribution in [0.2, 0.25) is 0 Å². The molecule has 0 aliphatic carbocycles. The van der Waals surface area contributed by atoms with Crippen LogP contribution in [0, 0.1) is 0 Å². The number of hydrogen-bond donors (Lipinski definition) is 1. The zero-order valence-corrected chi connectivity index (χ0v) is 18.3. The van der Waals surface area contributed by atoms with Gasteiger partial charge in [0, 0.05) is 44.0 Å². The molecule has 0 spiro atoms. The average molecular weight is 436 g/mol. The van der Waals surface area contributed by atoms with E-state index in [9.17, 15) is 4.79 Å². The third-order valence-electron chi connectivity index (χ3n) is 5.68. The van der Waals surface area contributed by atoms with Crippen molar-refractivity contribution < 1.29 is 18.8 Å². The van der Waals surface area contributed by atoms with Crippen LogP contribution < -0.4 is 10.1 Å². The molecular formula is C25H29N3O4. The summed E-state index contributed by atoms with van der Waals surface area (Å²) in [5.74, 6) is 0.680. The second kappa shape index (κ2) is 10.9. The fourth-order valence-electron chi connectivity index (χ4n) is 3.76. The summed E-state index contributed by atoms with van der Waals surface area (Å²) in [5.41, 5.74) is 2.50. The van der Waals surface area contributed by atoms with Gasteiger partial charge in [-0.15, -0.1) is 0 Å². The zero-order valence-electron chi connectivity index (χ0n) is 18.3. The van der Waals surface area contributed by atoms with E-state index in [1.165, 1.54) is 0 Å². The molecule has 0 unspecified atom stereocenters. The van der Waals surface area contributed by atoms with Crippen LogP contribution in [0.15, 0.2) is 65.2 Å². The minimum Gasteiger partial charge on any atom is -0.492 e. The number of benzene rings is 2. The van der Waals surface area contributed by atoms with Gasteiger partial charge in [-0.1, -0.05) is 47.6 Å². The van der Waals surface area contributed by atoms with E-state index >= 15 is 0 Å². The average Bonchev–Trinajstić information content (AvgIpc) is 3.34. The number of likely N-dealkylation sites (N-methyl/N-ethyl adjacent to an activating group) is 1. The number of nitrogens with one attached hydrogen (secondary N) is 1. The molecule has 1 aromatic heterocycles. The highest BCUT2D eigenvalue weighted by atomic mass is 16.5. The normalized spacial score (nSPS) is 14.4. The molecular weight excluding hydrogens is 406 g/mol. The topological polar surface area (TPSA) is 76.8 Å². The summed E-state index contributed by atoms with van der Waals surface area (Å²) in [6, 6.07) is 19.6. The summed E-state index contributed by atoms with van der Waals surface area (Å²) in [7, 11) is 2.14. The zero-order chi connectivity index (χ0) is 22.2. The Morgan fingerprint density at radius 3 is 2.75 bits per heavy atom. The molecule has 2 heterocycles. The number of carbonyl (C=O) groups excluding carboxylic acids is 1. The van der Waals surface area contributed by atoms with Crippen molar-refractivity contribution in [3.8, 4) is 17.0 Å². The highest BCUT2D eigenvalue weighted by Gasteiger charge is 2.18. The molecule has 7 heteroatoms. The molecule has 0 saturated carbocycles. The third kappa shape index (κ3) is 5.96. The van der Waals surface area contributed by atoms with Gasteiger partial charge in [0.2, 0.25) is 5.76 Å². The van der Waals surface area contributed by atoms with E-state index in [-0.39, 0.29) is 11.7 Å². The number of hydrogen-bond acceptors (Lipinski definition) is 6. The second-order valence-electron chi connectivity index (χ2n) is 7.95. The maximum Gasteiger partial charge on any atom is 0.290 e. The number of amides is 1. The Bertz CT molecular complexity index is 999. The molecule has 168 valence electrons. The molecule has 1 amide bonds. The van der Waals surface area contributed by atoms with Gasteiger partial charge in [0.15, 0.2) is 0 Å². The molecule has 1 aliphatic rings. The van der Waals surface area contributed by atoms with Gasteiger partial charge < -0.3 is 19.3 Å². The maximum atomic E-state index is 12.5. The Morgan fingerprint density at radius 1 is 1.12 bits per heavy atom. The monoisotopic (exact) mass is 435 g/mol. The number of ether oxygens (including phenoxy) is 2. The Labute approximate surface area is 188 Å². The van der Waals surface area contributed by atoms with Crippen molar-refractivity contribution in [1.29, 1.82) is 0 Å². The van der Waals surface area contributed by atoms with Crippen molar-refractivity contribution in [1.82, 2.24) is 15.4 Å². The Balaban J connectivity index is 1.25. The summed E-state index contributed by atoms with van der Waals surface area (Å²) >= 11 is 0. The van der Waals surface area contributed by atoms with Gasteiger partial charge in [-0.05, 0) is 37.6 Å². The molecule has 1 fully saturated rings. The Kier molecular flexibility index (Phi) is 7.53. The predicted octanol–water partition coefficient (Wildman–Crippen LogP) is 3.76. The fourth-order valence-corrected chi connectivity index (χ4v) is 3.76. The minimum atomic E-state index is -0.302. The van der Waals surface area contributed by atoms with Crippen molar-refractivity contribution in [2.45, 2.75) is 25.4 Å². The van der Waals surface area contributed by atoms with Gasteiger partial charge in [0.05, 0.1) is 0 Å². The van der Waals surface area contributed by atoms with E-state index in [2.05, 4.69) is 22.4 Å². The number of nitrogens with zero attached hydrogens (tertiary/aromatic N) is 2. The lowest BCUT2D eigenvalue weighted by Crippen LogP contribution is -2.38. The lowest BCUT2D eigenvalue weighted by molar-refractivity contribution is 0.0392. The predicted molar refractivity (Wildman–Crippen MR) is 122 cm³/mol. The summed E-state index contributed by atoms with van der Waals surface area (Å²) in [5, 5.41) is 6.87. The SMILES string of the molecule is CN(CCOc1cccc(CNC(=O)c2cc(-c3ccccc3)no2)c1)C1CCOCC1. The van der Waals surface area contributed by atoms with Crippen LogP contribution in [0.1, 0.15) is 29.0 Å². The second-order valence-corrected chi connectivity index (χ2v) is 7.95. The van der Waals surface area contributed by atoms with Crippen molar-refractivity contribution >= 4 is 5.91 Å². The van der Waals surface area contributed by atoms with Crippen LogP contribution >= 0.6 is 0 Å². The van der Waals surface area contributed by atoms with Gasteiger partial charge in [0.25, 0.3) is 5.91 Å². The molecule has 1 saturated heterocycles. The minimum absolute atomic E-state index is 0.187. The fraction of sp³-hybridized carbons (Fsp3) is 0.360. The molecule has 0 atom stereocenters. The summed E-state index contributed by atoms with van der Waals surface area (Å²) in [6.07, 6.45) is 2.15. The van der Waals surface area contributed by atoms with Crippen LogP contribution in [0.25, 0.3) is 11.3 Å². The molecule has 32 heavy (non-hydrogen) atoms. The Hall–Kier alpha value is -3.16. The standard InChI is InChI=1S/C25H29N3O4/c1-28(21-10-13-30-14-11-21)12-15-31-22-9-5-6-19(16-22)18-26-25(29)24-17-23(27-32-24)20-7-3-2-4-8-20/h2-9,16-17,21H,10-15,18H2,1H3,(H,26,29). The molecule has 0 radical (unpaired) electrons. The van der Waals surface area contributed by atoms with Crippen LogP contribution in [0.3, 0.4) is 0 Å². The van der Waals surface area contributed by atoms with Crippen molar-refractivity contribution in [3.05, 3.63) is 72.0 Å². The van der Waals surface area contributed by atoms with Crippen LogP contribution in [-0.2, 0) is 11.3 Å². The van der Waals surface area contributed by atoms with Crippen molar-refractivity contribution in [2.75, 3.05) is 33.4 Å². The van der Waals surface area contributed by atoms with Gasteiger partial charge in [0.1, 0.15) is 18.1 Å². The van der Waals surface area contributed by atoms with E-state index in [1.807, 2.05) is 54.6 Å². The van der Waals surface area contributed by atoms with Crippen LogP contribution in [-0.4, -0.2) is 55.4 Å². The van der Waals surface area contributed by atoms with E-state index in [0.717, 1.165) is 49.5 Å². The van der Waals surface area contributed by atoms with E-state index in [1.54, 1.807) is 6.07 Å². The lowest BCUT2D eigenvalue weighted by atomic mass is 10.1. The smallest absolute Gasteiger partial charge is 0.290 e. The molecule has 3 aromatic rings. The summed E-state index contributed by atoms with van der Waals surface area (Å²) in [6.45, 7) is 3.53. The molecule has 2 aromatic carbocycles. The first-order chi connectivity index (χ1) is 15.7. The highest BCUT2D eigenvalue weighted by molar-refractivity contribution is 5.92. The van der Waals surface area contributed by atoms with E-state index < -0.39 is 0 Å². The summed E-state index contributed by atoms with van der Waals surface area (Å²) in [4.78, 5) is 14.8. The molecule has 7 nitrogen and oxygen atoms in total. The van der Waals surface area contributed by atoms with Crippen LogP contribution in [0.4, 0.5) is 0 Å². The lowest BCUT2D eigenvalue weighted by Gasteiger charge is -2.31. The largest absolute Gasteiger partial charge is 0.492 e. The van der Waals surface area contributed by atoms with Gasteiger partial charge >= 0.3 is 0 Å². The first kappa shape index (κ1) is 22.0.